The van der Waals surface area contributed by atoms with Gasteiger partial charge in [-0.25, -0.2) is 9.18 Å². The molecule has 0 heterocycles. The SMILES string of the molecule is O=C(O)CF.[Ce]. The van der Waals surface area contributed by atoms with Crippen LogP contribution in [0, 0.1) is 41.7 Å². The molecule has 0 aromatic heterocycles. The summed E-state index contributed by atoms with van der Waals surface area (Å²) in [4.78, 5) is 8.99. The molecule has 1 N–H and O–H groups in total. The second-order valence-corrected chi connectivity index (χ2v) is 0.527. The predicted molar refractivity (Wildman–Crippen MR) is 13.6 cm³/mol. The van der Waals surface area contributed by atoms with Crippen LogP contribution in [0.5, 0.6) is 0 Å². The van der Waals surface area contributed by atoms with Gasteiger partial charge in [0.25, 0.3) is 0 Å². The number of rotatable bonds is 1. The molecule has 0 bridgehead atoms. The van der Waals surface area contributed by atoms with Crippen molar-refractivity contribution in [2.75, 3.05) is 6.67 Å². The average Bonchev–Trinajstić information content (AvgIpc) is 1.38. The van der Waals surface area contributed by atoms with E-state index in [0.29, 0.717) is 0 Å². The average molecular weight is 218 g/mol. The Bertz CT molecular complexity index is 46.8. The summed E-state index contributed by atoms with van der Waals surface area (Å²) in [5.74, 6) is -1.41. The molecule has 0 aliphatic carbocycles. The molecule has 0 aromatic carbocycles. The molecule has 0 saturated heterocycles. The van der Waals surface area contributed by atoms with E-state index in [9.17, 15) is 4.39 Å². The van der Waals surface area contributed by atoms with Crippen molar-refractivity contribution < 1.29 is 56.0 Å². The van der Waals surface area contributed by atoms with Gasteiger partial charge in [0.05, 0.1) is 0 Å². The summed E-state index contributed by atoms with van der Waals surface area (Å²) >= 11 is 0. The Labute approximate surface area is 68.1 Å². The Morgan fingerprint density at radius 3 is 2.00 bits per heavy atom. The fourth-order valence-electron chi connectivity index (χ4n) is 0. The van der Waals surface area contributed by atoms with Crippen molar-refractivity contribution in [1.29, 1.82) is 0 Å². The largest absolute Gasteiger partial charge is 0.479 e. The first-order valence-electron chi connectivity index (χ1n) is 1.05. The molecule has 0 rings (SSSR count). The number of carboxylic acids is 1. The van der Waals surface area contributed by atoms with Crippen LogP contribution in [0.2, 0.25) is 0 Å². The van der Waals surface area contributed by atoms with Crippen molar-refractivity contribution in [2.45, 2.75) is 0 Å². The van der Waals surface area contributed by atoms with Crippen LogP contribution in [-0.4, -0.2) is 17.8 Å². The van der Waals surface area contributed by atoms with Crippen LogP contribution < -0.4 is 0 Å². The molecule has 0 radical (unpaired) electrons. The van der Waals surface area contributed by atoms with Crippen molar-refractivity contribution in [3.8, 4) is 0 Å². The monoisotopic (exact) mass is 218 g/mol. The maximum absolute atomic E-state index is 10.5. The second kappa shape index (κ2) is 5.78. The number of carbonyl (C=O) groups is 1. The smallest absolute Gasteiger partial charge is 0.335 e. The molecule has 2 nitrogen and oxygen atoms in total. The van der Waals surface area contributed by atoms with E-state index in [0.717, 1.165) is 0 Å². The van der Waals surface area contributed by atoms with Crippen molar-refractivity contribution >= 4 is 5.97 Å². The number of aliphatic carboxylic acids is 1. The van der Waals surface area contributed by atoms with E-state index in [2.05, 4.69) is 0 Å². The maximum atomic E-state index is 10.5. The van der Waals surface area contributed by atoms with Gasteiger partial charge in [0.2, 0.25) is 0 Å². The van der Waals surface area contributed by atoms with Crippen LogP contribution in [-0.2, 0) is 4.79 Å². The zero-order valence-corrected chi connectivity index (χ0v) is 6.08. The summed E-state index contributed by atoms with van der Waals surface area (Å²) in [5.41, 5.74) is 0. The van der Waals surface area contributed by atoms with E-state index in [1.807, 2.05) is 0 Å². The first-order chi connectivity index (χ1) is 2.27. The van der Waals surface area contributed by atoms with Gasteiger partial charge in [0.15, 0.2) is 6.67 Å². The van der Waals surface area contributed by atoms with Gasteiger partial charge in [0.1, 0.15) is 0 Å². The maximum Gasteiger partial charge on any atom is 0.335 e. The van der Waals surface area contributed by atoms with Gasteiger partial charge in [0, 0.05) is 41.7 Å². The molecule has 0 aliphatic heterocycles. The molecule has 6 heavy (non-hydrogen) atoms. The number of halogens is 1. The van der Waals surface area contributed by atoms with E-state index < -0.39 is 12.6 Å². The summed E-state index contributed by atoms with van der Waals surface area (Å²) in [7, 11) is 0. The van der Waals surface area contributed by atoms with Crippen LogP contribution in [0.15, 0.2) is 0 Å². The minimum absolute atomic E-state index is 0. The Morgan fingerprint density at radius 1 is 1.83 bits per heavy atom. The van der Waals surface area contributed by atoms with Gasteiger partial charge in [-0.05, 0) is 0 Å². The minimum atomic E-state index is -1.41. The topological polar surface area (TPSA) is 37.3 Å². The standard InChI is InChI=1S/C2H3FO2.Ce/c3-1-2(4)5;/h1H2,(H,4,5);. The molecular formula is C2H3CeFO2. The molecule has 0 amide bonds. The molecule has 0 atom stereocenters. The normalized spacial score (nSPS) is 6.17. The van der Waals surface area contributed by atoms with Crippen molar-refractivity contribution in [2.24, 2.45) is 0 Å². The first-order valence-corrected chi connectivity index (χ1v) is 1.05. The van der Waals surface area contributed by atoms with Crippen LogP contribution in [0.25, 0.3) is 0 Å². The predicted octanol–water partition coefficient (Wildman–Crippen LogP) is 0.0405. The zero-order chi connectivity index (χ0) is 4.28. The summed E-state index contributed by atoms with van der Waals surface area (Å²) in [6, 6.07) is 0. The third-order valence-corrected chi connectivity index (χ3v) is 0.114. The van der Waals surface area contributed by atoms with E-state index in [1.165, 1.54) is 0 Å². The van der Waals surface area contributed by atoms with Gasteiger partial charge in [-0.2, -0.15) is 0 Å². The number of alkyl halides is 1. The molecule has 0 unspecified atom stereocenters. The van der Waals surface area contributed by atoms with Gasteiger partial charge in [-0.1, -0.05) is 0 Å². The molecule has 0 aliphatic rings. The van der Waals surface area contributed by atoms with Gasteiger partial charge < -0.3 is 5.11 Å². The molecule has 34 valence electrons. The van der Waals surface area contributed by atoms with E-state index >= 15 is 0 Å². The van der Waals surface area contributed by atoms with E-state index in [4.69, 9.17) is 9.90 Å². The van der Waals surface area contributed by atoms with Crippen LogP contribution in [0.3, 0.4) is 0 Å². The van der Waals surface area contributed by atoms with Crippen molar-refractivity contribution in [1.82, 2.24) is 0 Å². The molecule has 0 fully saturated rings. The fourth-order valence-corrected chi connectivity index (χ4v) is 0. The first kappa shape index (κ1) is 9.91. The fraction of sp³-hybridized carbons (Fsp3) is 0.500. The van der Waals surface area contributed by atoms with Crippen LogP contribution >= 0.6 is 0 Å². The Hall–Kier alpha value is 0.777. The third kappa shape index (κ3) is 8.84. The molecule has 0 saturated carbocycles. The summed E-state index contributed by atoms with van der Waals surface area (Å²) in [6.07, 6.45) is 0. The molecule has 4 heteroatoms. The molecule has 0 spiro atoms. The Morgan fingerprint density at radius 2 is 2.00 bits per heavy atom. The van der Waals surface area contributed by atoms with Gasteiger partial charge in [-0.15, -0.1) is 0 Å². The van der Waals surface area contributed by atoms with Gasteiger partial charge in [-0.3, -0.25) is 0 Å². The Kier molecular flexibility index (Phi) is 9.54. The minimum Gasteiger partial charge on any atom is -0.479 e. The summed E-state index contributed by atoms with van der Waals surface area (Å²) in [6.45, 7) is -1.28. The quantitative estimate of drug-likeness (QED) is 0.674. The van der Waals surface area contributed by atoms with E-state index in [-0.39, 0.29) is 41.7 Å². The third-order valence-electron chi connectivity index (χ3n) is 0.114. The number of hydrogen-bond donors (Lipinski definition) is 1. The molecular weight excluding hydrogens is 215 g/mol. The van der Waals surface area contributed by atoms with E-state index in [1.54, 1.807) is 0 Å². The van der Waals surface area contributed by atoms with Crippen LogP contribution in [0.4, 0.5) is 4.39 Å². The van der Waals surface area contributed by atoms with Gasteiger partial charge >= 0.3 is 5.97 Å². The van der Waals surface area contributed by atoms with Crippen molar-refractivity contribution in [3.63, 3.8) is 0 Å². The summed E-state index contributed by atoms with van der Waals surface area (Å²) in [5, 5.41) is 7.35. The second-order valence-electron chi connectivity index (χ2n) is 0.527. The molecule has 0 aromatic rings. The number of carboxylic acid groups (broad SMARTS) is 1. The summed E-state index contributed by atoms with van der Waals surface area (Å²) < 4.78 is 10.5. The Balaban J connectivity index is 0. The zero-order valence-electron chi connectivity index (χ0n) is 2.94. The van der Waals surface area contributed by atoms with Crippen molar-refractivity contribution in [3.05, 3.63) is 0 Å². The number of hydrogen-bond acceptors (Lipinski definition) is 1. The van der Waals surface area contributed by atoms with Crippen LogP contribution in [0.1, 0.15) is 0 Å².